The Hall–Kier alpha value is -1.77. The minimum absolute atomic E-state index is 0.292. The number of carboxylic acid groups (broad SMARTS) is 1. The summed E-state index contributed by atoms with van der Waals surface area (Å²) in [4.78, 5) is 14.8. The number of hydrogen-bond donors (Lipinski definition) is 1. The van der Waals surface area contributed by atoms with Crippen LogP contribution in [0, 0.1) is 6.92 Å². The quantitative estimate of drug-likeness (QED) is 0.776. The fourth-order valence-electron chi connectivity index (χ4n) is 1.76. The van der Waals surface area contributed by atoms with Crippen LogP contribution in [0.4, 0.5) is 0 Å². The van der Waals surface area contributed by atoms with E-state index in [1.54, 1.807) is 6.92 Å². The van der Waals surface area contributed by atoms with Crippen molar-refractivity contribution >= 4 is 51.9 Å². The number of rotatable bonds is 2. The molecule has 20 heavy (non-hydrogen) atoms. The Balaban J connectivity index is 2.35. The first-order valence-corrected chi connectivity index (χ1v) is 6.75. The van der Waals surface area contributed by atoms with Crippen LogP contribution in [0.2, 0.25) is 10.0 Å². The second kappa shape index (κ2) is 4.65. The van der Waals surface area contributed by atoms with E-state index in [2.05, 4.69) is 18.8 Å². The molecule has 0 unspecified atom stereocenters. The maximum absolute atomic E-state index is 10.9. The lowest BCUT2D eigenvalue weighted by molar-refractivity contribution is 0.0683. The molecule has 3 aromatic rings. The lowest BCUT2D eigenvalue weighted by atomic mass is 10.2. The molecule has 10 heteroatoms. The van der Waals surface area contributed by atoms with Crippen molar-refractivity contribution in [3.63, 3.8) is 0 Å². The van der Waals surface area contributed by atoms with Gasteiger partial charge in [-0.15, -0.1) is 5.10 Å². The number of hydrogen-bond acceptors (Lipinski definition) is 6. The molecule has 0 radical (unpaired) electrons. The van der Waals surface area contributed by atoms with Gasteiger partial charge in [-0.3, -0.25) is 0 Å². The number of carboxylic acids is 1. The van der Waals surface area contributed by atoms with E-state index in [-0.39, 0.29) is 5.82 Å². The molecular weight excluding hydrogens is 325 g/mol. The molecule has 102 valence electrons. The Morgan fingerprint density at radius 1 is 1.30 bits per heavy atom. The van der Waals surface area contributed by atoms with Crippen LogP contribution in [0.15, 0.2) is 6.07 Å². The molecule has 1 N–H and O–H groups in total. The van der Waals surface area contributed by atoms with Gasteiger partial charge in [0.15, 0.2) is 0 Å². The number of fused-ring (bicyclic) bond motifs is 1. The van der Waals surface area contributed by atoms with E-state index in [9.17, 15) is 4.79 Å². The normalized spacial score (nSPS) is 11.2. The van der Waals surface area contributed by atoms with E-state index in [0.717, 1.165) is 11.7 Å². The summed E-state index contributed by atoms with van der Waals surface area (Å²) in [5.74, 6) is -1.16. The summed E-state index contributed by atoms with van der Waals surface area (Å²) in [6, 6.07) is 1.52. The van der Waals surface area contributed by atoms with Gasteiger partial charge in [0, 0.05) is 0 Å². The molecule has 0 atom stereocenters. The summed E-state index contributed by atoms with van der Waals surface area (Å²) < 4.78 is 9.54. The molecule has 0 bridgehead atoms. The maximum Gasteiger partial charge on any atom is 0.375 e. The molecule has 3 rings (SSSR count). The van der Waals surface area contributed by atoms with Crippen molar-refractivity contribution in [3.8, 4) is 5.69 Å². The Morgan fingerprint density at radius 2 is 2.00 bits per heavy atom. The van der Waals surface area contributed by atoms with Crippen LogP contribution in [0.5, 0.6) is 0 Å². The van der Waals surface area contributed by atoms with E-state index in [0.29, 0.717) is 32.6 Å². The monoisotopic (exact) mass is 329 g/mol. The van der Waals surface area contributed by atoms with Gasteiger partial charge in [-0.25, -0.2) is 14.5 Å². The summed E-state index contributed by atoms with van der Waals surface area (Å²) >= 11 is 13.2. The largest absolute Gasteiger partial charge is 0.475 e. The van der Waals surface area contributed by atoms with E-state index in [1.165, 1.54) is 10.7 Å². The third kappa shape index (κ3) is 1.92. The molecule has 0 amide bonds. The van der Waals surface area contributed by atoms with E-state index in [1.807, 2.05) is 0 Å². The van der Waals surface area contributed by atoms with Crippen LogP contribution >= 0.6 is 34.9 Å². The van der Waals surface area contributed by atoms with Crippen molar-refractivity contribution in [3.05, 3.63) is 27.8 Å². The molecule has 0 aliphatic rings. The van der Waals surface area contributed by atoms with Gasteiger partial charge < -0.3 is 5.11 Å². The standard InChI is InChI=1S/C10H5Cl2N5O2S/c1-3-13-9(10(18)19)14-17(3)8-5(12)2-4(11)6-7(8)16-20-15-6/h2H,1H3,(H,18,19). The maximum atomic E-state index is 10.9. The average molecular weight is 330 g/mol. The van der Waals surface area contributed by atoms with Crippen LogP contribution < -0.4 is 0 Å². The molecule has 0 aliphatic heterocycles. The Kier molecular flexibility index (Phi) is 3.08. The zero-order valence-electron chi connectivity index (χ0n) is 9.83. The molecule has 1 aromatic carbocycles. The predicted octanol–water partition coefficient (Wildman–Crippen LogP) is 2.59. The van der Waals surface area contributed by atoms with Gasteiger partial charge in [0.2, 0.25) is 0 Å². The van der Waals surface area contributed by atoms with E-state index in [4.69, 9.17) is 28.3 Å². The number of halogens is 2. The third-order valence-electron chi connectivity index (χ3n) is 2.59. The molecular formula is C10H5Cl2N5O2S. The fraction of sp³-hybridized carbons (Fsp3) is 0.100. The lowest BCUT2D eigenvalue weighted by Gasteiger charge is -2.06. The van der Waals surface area contributed by atoms with Gasteiger partial charge in [-0.05, 0) is 13.0 Å². The first-order chi connectivity index (χ1) is 9.49. The molecule has 2 heterocycles. The predicted molar refractivity (Wildman–Crippen MR) is 74.0 cm³/mol. The summed E-state index contributed by atoms with van der Waals surface area (Å²) in [6.07, 6.45) is 0. The smallest absolute Gasteiger partial charge is 0.375 e. The third-order valence-corrected chi connectivity index (χ3v) is 3.70. The lowest BCUT2D eigenvalue weighted by Crippen LogP contribution is -2.04. The zero-order chi connectivity index (χ0) is 14.4. The average Bonchev–Trinajstić information content (AvgIpc) is 2.97. The first kappa shape index (κ1) is 13.2. The van der Waals surface area contributed by atoms with Crippen LogP contribution in [0.3, 0.4) is 0 Å². The van der Waals surface area contributed by atoms with Crippen molar-refractivity contribution in [1.29, 1.82) is 0 Å². The highest BCUT2D eigenvalue weighted by Gasteiger charge is 2.20. The molecule has 0 aliphatic carbocycles. The Morgan fingerprint density at radius 3 is 2.65 bits per heavy atom. The van der Waals surface area contributed by atoms with Crippen molar-refractivity contribution < 1.29 is 9.90 Å². The number of carbonyl (C=O) groups is 1. The Labute approximate surface area is 126 Å². The van der Waals surface area contributed by atoms with Gasteiger partial charge in [0.05, 0.1) is 21.8 Å². The van der Waals surface area contributed by atoms with E-state index < -0.39 is 5.97 Å². The van der Waals surface area contributed by atoms with Crippen molar-refractivity contribution in [2.24, 2.45) is 0 Å². The fourth-order valence-corrected chi connectivity index (χ4v) is 2.94. The van der Waals surface area contributed by atoms with Crippen LogP contribution in [0.25, 0.3) is 16.7 Å². The van der Waals surface area contributed by atoms with Crippen molar-refractivity contribution in [1.82, 2.24) is 23.5 Å². The minimum Gasteiger partial charge on any atom is -0.475 e. The molecule has 0 spiro atoms. The number of aryl methyl sites for hydroxylation is 1. The van der Waals surface area contributed by atoms with Gasteiger partial charge in [0.1, 0.15) is 22.5 Å². The number of aromatic nitrogens is 5. The summed E-state index contributed by atoms with van der Waals surface area (Å²) in [5.41, 5.74) is 1.36. The topological polar surface area (TPSA) is 93.8 Å². The molecule has 0 saturated heterocycles. The second-order valence-corrected chi connectivity index (χ2v) is 5.19. The number of benzene rings is 1. The first-order valence-electron chi connectivity index (χ1n) is 5.26. The van der Waals surface area contributed by atoms with Gasteiger partial charge in [-0.1, -0.05) is 23.2 Å². The molecule has 2 aromatic heterocycles. The van der Waals surface area contributed by atoms with E-state index >= 15 is 0 Å². The van der Waals surface area contributed by atoms with Gasteiger partial charge >= 0.3 is 5.97 Å². The van der Waals surface area contributed by atoms with Gasteiger partial charge in [-0.2, -0.15) is 8.75 Å². The summed E-state index contributed by atoms with van der Waals surface area (Å²) in [5, 5.41) is 13.5. The Bertz CT molecular complexity index is 844. The molecule has 7 nitrogen and oxygen atoms in total. The zero-order valence-corrected chi connectivity index (χ0v) is 12.2. The number of nitrogens with zero attached hydrogens (tertiary/aromatic N) is 5. The minimum atomic E-state index is -1.22. The SMILES string of the molecule is Cc1nc(C(=O)O)nn1-c1c(Cl)cc(Cl)c2nsnc12. The van der Waals surface area contributed by atoms with Crippen molar-refractivity contribution in [2.75, 3.05) is 0 Å². The van der Waals surface area contributed by atoms with Crippen LogP contribution in [0.1, 0.15) is 16.4 Å². The summed E-state index contributed by atoms with van der Waals surface area (Å²) in [6.45, 7) is 1.62. The highest BCUT2D eigenvalue weighted by molar-refractivity contribution is 7.00. The van der Waals surface area contributed by atoms with Crippen LogP contribution in [-0.2, 0) is 0 Å². The number of aromatic carboxylic acids is 1. The van der Waals surface area contributed by atoms with Crippen molar-refractivity contribution in [2.45, 2.75) is 6.92 Å². The van der Waals surface area contributed by atoms with Crippen LogP contribution in [-0.4, -0.2) is 34.6 Å². The highest BCUT2D eigenvalue weighted by atomic mass is 35.5. The van der Waals surface area contributed by atoms with Gasteiger partial charge in [0.25, 0.3) is 5.82 Å². The molecule has 0 fully saturated rings. The highest BCUT2D eigenvalue weighted by Crippen LogP contribution is 2.33. The summed E-state index contributed by atoms with van der Waals surface area (Å²) in [7, 11) is 0. The molecule has 0 saturated carbocycles. The second-order valence-electron chi connectivity index (χ2n) is 3.85.